The van der Waals surface area contributed by atoms with Crippen molar-refractivity contribution >= 4 is 23.3 Å². The summed E-state index contributed by atoms with van der Waals surface area (Å²) >= 11 is 0. The molecule has 9 nitrogen and oxygen atoms in total. The van der Waals surface area contributed by atoms with Gasteiger partial charge >= 0.3 is 5.97 Å². The van der Waals surface area contributed by atoms with E-state index in [1.807, 2.05) is 6.92 Å². The van der Waals surface area contributed by atoms with Gasteiger partial charge in [0.05, 0.1) is 23.1 Å². The number of fused-ring (bicyclic) bond motifs is 1. The maximum absolute atomic E-state index is 13.1. The second kappa shape index (κ2) is 7.43. The first kappa shape index (κ1) is 19.3. The number of H-pyrrole nitrogens is 1. The minimum absolute atomic E-state index is 0.0300. The molecule has 4 rings (SSSR count). The highest BCUT2D eigenvalue weighted by molar-refractivity contribution is 6.10. The zero-order valence-corrected chi connectivity index (χ0v) is 16.3. The van der Waals surface area contributed by atoms with Crippen LogP contribution in [0.15, 0.2) is 48.5 Å². The second-order valence-electron chi connectivity index (χ2n) is 6.80. The Labute approximate surface area is 171 Å². The van der Waals surface area contributed by atoms with Gasteiger partial charge in [-0.15, -0.1) is 0 Å². The van der Waals surface area contributed by atoms with Crippen LogP contribution in [-0.2, 0) is 4.74 Å². The van der Waals surface area contributed by atoms with Crippen molar-refractivity contribution in [3.63, 3.8) is 0 Å². The summed E-state index contributed by atoms with van der Waals surface area (Å²) in [5.74, 6) is -0.727. The topological polar surface area (TPSA) is 118 Å². The van der Waals surface area contributed by atoms with Crippen molar-refractivity contribution in [2.24, 2.45) is 0 Å². The molecule has 0 saturated carbocycles. The fraction of sp³-hybridized carbons (Fsp3) is 0.190. The van der Waals surface area contributed by atoms with Gasteiger partial charge in [-0.05, 0) is 55.8 Å². The highest BCUT2D eigenvalue weighted by Crippen LogP contribution is 2.42. The number of carbonyl (C=O) groups is 2. The van der Waals surface area contributed by atoms with E-state index in [0.717, 1.165) is 11.3 Å². The first-order valence-electron chi connectivity index (χ1n) is 9.32. The smallest absolute Gasteiger partial charge is 0.338 e. The lowest BCUT2D eigenvalue weighted by molar-refractivity contribution is -0.384. The van der Waals surface area contributed by atoms with E-state index in [9.17, 15) is 19.7 Å². The summed E-state index contributed by atoms with van der Waals surface area (Å²) in [5.41, 5.74) is 3.42. The largest absolute Gasteiger partial charge is 0.462 e. The highest BCUT2D eigenvalue weighted by atomic mass is 16.6. The van der Waals surface area contributed by atoms with Gasteiger partial charge in [0, 0.05) is 29.1 Å². The Bertz CT molecular complexity index is 1140. The number of aryl methyl sites for hydroxylation is 1. The van der Waals surface area contributed by atoms with Crippen LogP contribution >= 0.6 is 0 Å². The zero-order valence-electron chi connectivity index (χ0n) is 16.3. The Hall–Kier alpha value is -4.01. The molecule has 30 heavy (non-hydrogen) atoms. The molecule has 1 N–H and O–H groups in total. The van der Waals surface area contributed by atoms with E-state index in [-0.39, 0.29) is 18.2 Å². The normalized spacial score (nSPS) is 15.2. The van der Waals surface area contributed by atoms with E-state index >= 15 is 0 Å². The Morgan fingerprint density at radius 2 is 1.87 bits per heavy atom. The van der Waals surface area contributed by atoms with E-state index in [2.05, 4.69) is 10.2 Å². The lowest BCUT2D eigenvalue weighted by atomic mass is 9.98. The molecule has 0 spiro atoms. The molecule has 152 valence electrons. The fourth-order valence-electron chi connectivity index (χ4n) is 3.63. The minimum atomic E-state index is -0.500. The third kappa shape index (κ3) is 3.10. The van der Waals surface area contributed by atoms with E-state index < -0.39 is 16.9 Å². The maximum atomic E-state index is 13.1. The van der Waals surface area contributed by atoms with Crippen molar-refractivity contribution in [3.8, 4) is 0 Å². The summed E-state index contributed by atoms with van der Waals surface area (Å²) in [6.45, 7) is 3.83. The molecule has 9 heteroatoms. The van der Waals surface area contributed by atoms with E-state index in [1.54, 1.807) is 48.2 Å². The van der Waals surface area contributed by atoms with Gasteiger partial charge in [0.15, 0.2) is 5.69 Å². The highest BCUT2D eigenvalue weighted by Gasteiger charge is 2.42. The van der Waals surface area contributed by atoms with Crippen LogP contribution in [0.4, 0.5) is 11.4 Å². The molecule has 0 bridgehead atoms. The summed E-state index contributed by atoms with van der Waals surface area (Å²) in [6.07, 6.45) is 0. The number of ether oxygens (including phenoxy) is 1. The fourth-order valence-corrected chi connectivity index (χ4v) is 3.63. The van der Waals surface area contributed by atoms with E-state index in [4.69, 9.17) is 4.74 Å². The average molecular weight is 406 g/mol. The van der Waals surface area contributed by atoms with Gasteiger partial charge < -0.3 is 4.74 Å². The van der Waals surface area contributed by atoms with Crippen molar-refractivity contribution in [1.82, 2.24) is 10.2 Å². The predicted molar refractivity (Wildman–Crippen MR) is 107 cm³/mol. The summed E-state index contributed by atoms with van der Waals surface area (Å²) in [7, 11) is 0. The molecule has 1 amide bonds. The van der Waals surface area contributed by atoms with Crippen molar-refractivity contribution < 1.29 is 19.2 Å². The molecule has 0 aliphatic carbocycles. The molecule has 0 unspecified atom stereocenters. The van der Waals surface area contributed by atoms with E-state index in [1.165, 1.54) is 12.1 Å². The van der Waals surface area contributed by atoms with Gasteiger partial charge in [-0.1, -0.05) is 0 Å². The number of hydrogen-bond acceptors (Lipinski definition) is 6. The number of nitrogens with one attached hydrogen (secondary N) is 1. The molecule has 0 radical (unpaired) electrons. The molecule has 1 aliphatic rings. The predicted octanol–water partition coefficient (Wildman–Crippen LogP) is 3.55. The number of hydrogen-bond donors (Lipinski definition) is 1. The Balaban J connectivity index is 1.77. The number of nitrogens with zero attached hydrogens (tertiary/aromatic N) is 3. The lowest BCUT2D eigenvalue weighted by Crippen LogP contribution is -2.29. The average Bonchev–Trinajstić information content (AvgIpc) is 3.26. The molecule has 1 aliphatic heterocycles. The number of benzene rings is 2. The van der Waals surface area contributed by atoms with Crippen molar-refractivity contribution in [1.29, 1.82) is 0 Å². The molecule has 1 aromatic heterocycles. The number of nitro benzene ring substituents is 1. The van der Waals surface area contributed by atoms with Crippen LogP contribution in [0, 0.1) is 17.0 Å². The lowest BCUT2D eigenvalue weighted by Gasteiger charge is -2.26. The van der Waals surface area contributed by atoms with Crippen LogP contribution in [0.2, 0.25) is 0 Å². The van der Waals surface area contributed by atoms with Crippen molar-refractivity contribution in [3.05, 3.63) is 86.7 Å². The van der Waals surface area contributed by atoms with Gasteiger partial charge in [0.1, 0.15) is 0 Å². The third-order valence-electron chi connectivity index (χ3n) is 5.02. The third-order valence-corrected chi connectivity index (χ3v) is 5.02. The van der Waals surface area contributed by atoms with Gasteiger partial charge in [-0.3, -0.25) is 24.9 Å². The minimum Gasteiger partial charge on any atom is -0.462 e. The number of esters is 1. The van der Waals surface area contributed by atoms with Crippen molar-refractivity contribution in [2.45, 2.75) is 19.9 Å². The number of aromatic nitrogens is 2. The summed E-state index contributed by atoms with van der Waals surface area (Å²) in [5, 5.41) is 18.0. The number of non-ortho nitro benzene ring substituents is 1. The molecule has 1 atom stereocenters. The van der Waals surface area contributed by atoms with Crippen LogP contribution < -0.4 is 4.90 Å². The van der Waals surface area contributed by atoms with Crippen LogP contribution in [0.25, 0.3) is 0 Å². The number of nitro groups is 1. The first-order chi connectivity index (χ1) is 14.4. The standard InChI is InChI=1S/C21H18N4O5/c1-3-30-21(27)14-6-8-15(9-7-14)24-19(13-4-10-16(11-5-13)25(28)29)17-12(2)22-23-18(17)20(24)26/h4-11,19H,3H2,1-2H3,(H,22,23)/t19-/m1/s1. The quantitative estimate of drug-likeness (QED) is 0.393. The second-order valence-corrected chi connectivity index (χ2v) is 6.80. The number of aromatic amines is 1. The zero-order chi connectivity index (χ0) is 21.4. The Morgan fingerprint density at radius 1 is 1.20 bits per heavy atom. The number of anilines is 1. The number of amides is 1. The van der Waals surface area contributed by atoms with Gasteiger partial charge in [-0.25, -0.2) is 4.79 Å². The van der Waals surface area contributed by atoms with Crippen LogP contribution in [0.3, 0.4) is 0 Å². The van der Waals surface area contributed by atoms with Crippen LogP contribution in [-0.4, -0.2) is 33.6 Å². The summed E-state index contributed by atoms with van der Waals surface area (Å²) in [6, 6.07) is 12.1. The van der Waals surface area contributed by atoms with Gasteiger partial charge in [-0.2, -0.15) is 5.10 Å². The molecule has 2 aromatic carbocycles. The number of carbonyl (C=O) groups excluding carboxylic acids is 2. The molecule has 2 heterocycles. The molecule has 3 aromatic rings. The Morgan fingerprint density at radius 3 is 2.47 bits per heavy atom. The maximum Gasteiger partial charge on any atom is 0.338 e. The van der Waals surface area contributed by atoms with Gasteiger partial charge in [0.25, 0.3) is 11.6 Å². The SMILES string of the molecule is CCOC(=O)c1ccc(N2C(=O)c3n[nH]c(C)c3[C@H]2c2ccc([N+](=O)[O-])cc2)cc1. The van der Waals surface area contributed by atoms with E-state index in [0.29, 0.717) is 22.5 Å². The van der Waals surface area contributed by atoms with Crippen molar-refractivity contribution in [2.75, 3.05) is 11.5 Å². The molecular formula is C21H18N4O5. The van der Waals surface area contributed by atoms with Crippen LogP contribution in [0.1, 0.15) is 50.6 Å². The summed E-state index contributed by atoms with van der Waals surface area (Å²) < 4.78 is 5.00. The number of rotatable bonds is 5. The molecule has 0 fully saturated rings. The Kier molecular flexibility index (Phi) is 4.78. The van der Waals surface area contributed by atoms with Gasteiger partial charge in [0.2, 0.25) is 0 Å². The molecular weight excluding hydrogens is 388 g/mol. The first-order valence-corrected chi connectivity index (χ1v) is 9.32. The molecule has 0 saturated heterocycles. The van der Waals surface area contributed by atoms with Crippen LogP contribution in [0.5, 0.6) is 0 Å². The summed E-state index contributed by atoms with van der Waals surface area (Å²) in [4.78, 5) is 37.2. The monoisotopic (exact) mass is 406 g/mol.